The monoisotopic (exact) mass is 195 g/mol. The molecule has 4 nitrogen and oxygen atoms in total. The van der Waals surface area contributed by atoms with Crippen LogP contribution in [0.4, 0.5) is 0 Å². The summed E-state index contributed by atoms with van der Waals surface area (Å²) in [5.41, 5.74) is -0.609. The van der Waals surface area contributed by atoms with Crippen LogP contribution in [0.3, 0.4) is 0 Å². The summed E-state index contributed by atoms with van der Waals surface area (Å²) in [6.07, 6.45) is 2.41. The van der Waals surface area contributed by atoms with E-state index in [0.29, 0.717) is 0 Å². The number of nitrogens with zero attached hydrogens (tertiary/aromatic N) is 1. The molecule has 76 valence electrons. The van der Waals surface area contributed by atoms with Gasteiger partial charge in [0, 0.05) is 12.2 Å². The smallest absolute Gasteiger partial charge is 0.341 e. The predicted molar refractivity (Wildman–Crippen MR) is 52.7 cm³/mol. The molecule has 0 saturated heterocycles. The highest BCUT2D eigenvalue weighted by Gasteiger charge is 2.12. The second-order valence-corrected chi connectivity index (χ2v) is 3.20. The van der Waals surface area contributed by atoms with Crippen LogP contribution < -0.4 is 5.56 Å². The van der Waals surface area contributed by atoms with Gasteiger partial charge in [-0.3, -0.25) is 4.79 Å². The van der Waals surface area contributed by atoms with Crippen LogP contribution in [0.5, 0.6) is 0 Å². The lowest BCUT2D eigenvalue weighted by molar-refractivity contribution is 0.0694. The molecule has 0 saturated carbocycles. The Hall–Kier alpha value is -1.58. The molecule has 1 atom stereocenters. The molecule has 14 heavy (non-hydrogen) atoms. The molecule has 0 aliphatic rings. The van der Waals surface area contributed by atoms with E-state index in [-0.39, 0.29) is 11.6 Å². The summed E-state index contributed by atoms with van der Waals surface area (Å²) >= 11 is 0. The zero-order valence-corrected chi connectivity index (χ0v) is 8.23. The fourth-order valence-electron chi connectivity index (χ4n) is 1.22. The number of hydrogen-bond donors (Lipinski definition) is 1. The molecule has 1 heterocycles. The van der Waals surface area contributed by atoms with Gasteiger partial charge in [-0.2, -0.15) is 0 Å². The second kappa shape index (κ2) is 4.09. The summed E-state index contributed by atoms with van der Waals surface area (Å²) in [7, 11) is 0. The van der Waals surface area contributed by atoms with Gasteiger partial charge in [-0.15, -0.1) is 0 Å². The Balaban J connectivity index is 3.28. The molecule has 1 N–H and O–H groups in total. The number of aromatic carboxylic acids is 1. The van der Waals surface area contributed by atoms with Crippen molar-refractivity contribution in [2.75, 3.05) is 0 Å². The molecule has 0 bridgehead atoms. The number of aromatic nitrogens is 1. The van der Waals surface area contributed by atoms with Crippen LogP contribution in [0.25, 0.3) is 0 Å². The van der Waals surface area contributed by atoms with Crippen molar-refractivity contribution in [1.82, 2.24) is 4.57 Å². The first-order valence-electron chi connectivity index (χ1n) is 4.52. The molecule has 0 aliphatic carbocycles. The average molecular weight is 195 g/mol. The maximum absolute atomic E-state index is 11.6. The largest absolute Gasteiger partial charge is 0.477 e. The quantitative estimate of drug-likeness (QED) is 0.795. The van der Waals surface area contributed by atoms with Gasteiger partial charge in [0.05, 0.1) is 0 Å². The molecule has 1 aromatic rings. The molecular formula is C10H13NO3. The molecule has 4 heteroatoms. The van der Waals surface area contributed by atoms with Crippen LogP contribution >= 0.6 is 0 Å². The van der Waals surface area contributed by atoms with E-state index >= 15 is 0 Å². The highest BCUT2D eigenvalue weighted by Crippen LogP contribution is 2.06. The first kappa shape index (κ1) is 10.5. The van der Waals surface area contributed by atoms with Crippen LogP contribution in [-0.2, 0) is 0 Å². The van der Waals surface area contributed by atoms with E-state index in [1.165, 1.54) is 10.6 Å². The normalized spacial score (nSPS) is 12.4. The van der Waals surface area contributed by atoms with Crippen LogP contribution in [-0.4, -0.2) is 15.6 Å². The Labute approximate surface area is 81.8 Å². The molecule has 0 spiro atoms. The zero-order chi connectivity index (χ0) is 10.7. The van der Waals surface area contributed by atoms with Crippen molar-refractivity contribution in [1.29, 1.82) is 0 Å². The van der Waals surface area contributed by atoms with E-state index in [1.807, 2.05) is 13.8 Å². The van der Waals surface area contributed by atoms with Gasteiger partial charge in [0.15, 0.2) is 0 Å². The van der Waals surface area contributed by atoms with E-state index in [9.17, 15) is 9.59 Å². The number of rotatable bonds is 3. The number of carboxylic acids is 1. The first-order chi connectivity index (χ1) is 6.57. The van der Waals surface area contributed by atoms with Gasteiger partial charge >= 0.3 is 5.97 Å². The van der Waals surface area contributed by atoms with E-state index in [4.69, 9.17) is 5.11 Å². The number of hydrogen-bond acceptors (Lipinski definition) is 2. The number of pyridine rings is 1. The number of carboxylic acid groups (broad SMARTS) is 1. The Bertz CT molecular complexity index is 395. The molecule has 0 amide bonds. The minimum Gasteiger partial charge on any atom is -0.477 e. The van der Waals surface area contributed by atoms with Crippen molar-refractivity contribution in [2.45, 2.75) is 26.3 Å². The molecule has 1 aromatic heterocycles. The zero-order valence-electron chi connectivity index (χ0n) is 8.23. The van der Waals surface area contributed by atoms with Gasteiger partial charge in [0.1, 0.15) is 5.56 Å². The van der Waals surface area contributed by atoms with Crippen molar-refractivity contribution >= 4 is 5.97 Å². The molecule has 0 unspecified atom stereocenters. The SMILES string of the molecule is CC[C@H](C)n1cccc(C(=O)O)c1=O. The summed E-state index contributed by atoms with van der Waals surface area (Å²) < 4.78 is 1.45. The molecule has 0 aliphatic heterocycles. The second-order valence-electron chi connectivity index (χ2n) is 3.20. The summed E-state index contributed by atoms with van der Waals surface area (Å²) in [5, 5.41) is 8.73. The van der Waals surface area contributed by atoms with Crippen LogP contribution in [0.15, 0.2) is 23.1 Å². The van der Waals surface area contributed by atoms with Crippen molar-refractivity contribution in [3.05, 3.63) is 34.2 Å². The highest BCUT2D eigenvalue weighted by molar-refractivity contribution is 5.86. The minimum absolute atomic E-state index is 0.0294. The maximum Gasteiger partial charge on any atom is 0.341 e. The third-order valence-electron chi connectivity index (χ3n) is 2.27. The van der Waals surface area contributed by atoms with Crippen LogP contribution in [0, 0.1) is 0 Å². The Morgan fingerprint density at radius 1 is 1.64 bits per heavy atom. The van der Waals surface area contributed by atoms with E-state index < -0.39 is 11.5 Å². The van der Waals surface area contributed by atoms with E-state index in [1.54, 1.807) is 12.3 Å². The van der Waals surface area contributed by atoms with Crippen LogP contribution in [0.1, 0.15) is 36.7 Å². The van der Waals surface area contributed by atoms with Gasteiger partial charge in [0.2, 0.25) is 0 Å². The first-order valence-corrected chi connectivity index (χ1v) is 4.52. The maximum atomic E-state index is 11.6. The summed E-state index contributed by atoms with van der Waals surface area (Å²) in [6, 6.07) is 2.93. The third-order valence-corrected chi connectivity index (χ3v) is 2.27. The lowest BCUT2D eigenvalue weighted by Gasteiger charge is -2.12. The molecular weight excluding hydrogens is 182 g/mol. The molecule has 0 radical (unpaired) electrons. The predicted octanol–water partition coefficient (Wildman–Crippen LogP) is 1.52. The van der Waals surface area contributed by atoms with Crippen molar-refractivity contribution in [3.63, 3.8) is 0 Å². The lowest BCUT2D eigenvalue weighted by Crippen LogP contribution is -2.27. The van der Waals surface area contributed by atoms with Gasteiger partial charge in [-0.1, -0.05) is 6.92 Å². The van der Waals surface area contributed by atoms with Crippen molar-refractivity contribution < 1.29 is 9.90 Å². The van der Waals surface area contributed by atoms with Gasteiger partial charge in [-0.25, -0.2) is 4.79 Å². The third kappa shape index (κ3) is 1.84. The average Bonchev–Trinajstić information content (AvgIpc) is 2.16. The van der Waals surface area contributed by atoms with E-state index in [0.717, 1.165) is 6.42 Å². The lowest BCUT2D eigenvalue weighted by atomic mass is 10.2. The summed E-state index contributed by atoms with van der Waals surface area (Å²) in [6.45, 7) is 3.83. The molecule has 0 aromatic carbocycles. The van der Waals surface area contributed by atoms with Gasteiger partial charge in [-0.05, 0) is 25.5 Å². The molecule has 0 fully saturated rings. The fourth-order valence-corrected chi connectivity index (χ4v) is 1.22. The Morgan fingerprint density at radius 3 is 2.79 bits per heavy atom. The number of carbonyl (C=O) groups is 1. The van der Waals surface area contributed by atoms with Gasteiger partial charge < -0.3 is 9.67 Å². The van der Waals surface area contributed by atoms with Gasteiger partial charge in [0.25, 0.3) is 5.56 Å². The topological polar surface area (TPSA) is 59.3 Å². The van der Waals surface area contributed by atoms with Crippen molar-refractivity contribution in [2.24, 2.45) is 0 Å². The fraction of sp³-hybridized carbons (Fsp3) is 0.400. The highest BCUT2D eigenvalue weighted by atomic mass is 16.4. The van der Waals surface area contributed by atoms with Crippen molar-refractivity contribution in [3.8, 4) is 0 Å². The Morgan fingerprint density at radius 2 is 2.29 bits per heavy atom. The summed E-state index contributed by atoms with van der Waals surface area (Å²) in [4.78, 5) is 22.3. The molecule has 1 rings (SSSR count). The summed E-state index contributed by atoms with van der Waals surface area (Å²) in [5.74, 6) is -1.17. The standard InChI is InChI=1S/C10H13NO3/c1-3-7(2)11-6-4-5-8(9(11)12)10(13)14/h4-7H,3H2,1-2H3,(H,13,14)/t7-/m0/s1. The minimum atomic E-state index is -1.17. The van der Waals surface area contributed by atoms with Crippen LogP contribution in [0.2, 0.25) is 0 Å². The van der Waals surface area contributed by atoms with E-state index in [2.05, 4.69) is 0 Å². The Kier molecular flexibility index (Phi) is 3.06.